The smallest absolute Gasteiger partial charge is 0.303 e. The quantitative estimate of drug-likeness (QED) is 0.897. The number of carbonyl (C=O) groups is 1. The zero-order valence-corrected chi connectivity index (χ0v) is 10.1. The lowest BCUT2D eigenvalue weighted by Crippen LogP contribution is -2.01. The van der Waals surface area contributed by atoms with Crippen molar-refractivity contribution in [2.75, 3.05) is 6.61 Å². The first-order chi connectivity index (χ1) is 7.13. The highest BCUT2D eigenvalue weighted by Gasteiger charge is 2.06. The van der Waals surface area contributed by atoms with Gasteiger partial charge in [-0.2, -0.15) is 0 Å². The molecule has 0 saturated carbocycles. The van der Waals surface area contributed by atoms with E-state index in [0.29, 0.717) is 13.0 Å². The molecule has 0 aromatic heterocycles. The summed E-state index contributed by atoms with van der Waals surface area (Å²) in [7, 11) is 0. The van der Waals surface area contributed by atoms with Gasteiger partial charge < -0.3 is 9.84 Å². The van der Waals surface area contributed by atoms with Crippen LogP contribution < -0.4 is 4.74 Å². The molecule has 1 aromatic rings. The number of ether oxygens (including phenoxy) is 1. The van der Waals surface area contributed by atoms with Crippen molar-refractivity contribution in [1.29, 1.82) is 0 Å². The summed E-state index contributed by atoms with van der Waals surface area (Å²) in [6.07, 6.45) is 0.612. The summed E-state index contributed by atoms with van der Waals surface area (Å²) in [6, 6.07) is 5.63. The van der Waals surface area contributed by atoms with Gasteiger partial charge in [-0.15, -0.1) is 0 Å². The molecule has 4 heteroatoms. The van der Waals surface area contributed by atoms with E-state index in [1.165, 1.54) is 0 Å². The molecule has 0 aliphatic rings. The Balaban J connectivity index is 2.81. The molecule has 1 N–H and O–H groups in total. The van der Waals surface area contributed by atoms with Gasteiger partial charge >= 0.3 is 5.97 Å². The highest BCUT2D eigenvalue weighted by molar-refractivity contribution is 9.10. The minimum Gasteiger partial charge on any atom is -0.494 e. The Morgan fingerprint density at radius 3 is 2.87 bits per heavy atom. The Bertz CT molecular complexity index is 350. The maximum absolute atomic E-state index is 10.5. The molecule has 0 spiro atoms. The molecule has 0 amide bonds. The molecule has 3 nitrogen and oxygen atoms in total. The first kappa shape index (κ1) is 12.0. The minimum atomic E-state index is -0.794. The number of aliphatic carboxylic acids is 1. The molecule has 82 valence electrons. The first-order valence-electron chi connectivity index (χ1n) is 4.76. The Kier molecular flexibility index (Phi) is 4.62. The summed E-state index contributed by atoms with van der Waals surface area (Å²) < 4.78 is 6.35. The molecular weight excluding hydrogens is 260 g/mol. The third-order valence-electron chi connectivity index (χ3n) is 1.93. The molecule has 0 fully saturated rings. The van der Waals surface area contributed by atoms with Crippen LogP contribution >= 0.6 is 15.9 Å². The normalized spacial score (nSPS) is 10.0. The third kappa shape index (κ3) is 3.91. The average molecular weight is 273 g/mol. The number of hydrogen-bond donors (Lipinski definition) is 1. The number of carboxylic acid groups (broad SMARTS) is 1. The highest BCUT2D eigenvalue weighted by atomic mass is 79.9. The number of aryl methyl sites for hydroxylation is 1. The van der Waals surface area contributed by atoms with Gasteiger partial charge in [-0.3, -0.25) is 4.79 Å². The highest BCUT2D eigenvalue weighted by Crippen LogP contribution is 2.24. The third-order valence-corrected chi connectivity index (χ3v) is 2.42. The zero-order valence-electron chi connectivity index (χ0n) is 8.50. The van der Waals surface area contributed by atoms with Crippen LogP contribution in [0.15, 0.2) is 22.7 Å². The van der Waals surface area contributed by atoms with Gasteiger partial charge in [0.05, 0.1) is 6.61 Å². The molecule has 0 bridgehead atoms. The fourth-order valence-corrected chi connectivity index (χ4v) is 1.69. The van der Waals surface area contributed by atoms with Crippen molar-refractivity contribution in [3.05, 3.63) is 28.2 Å². The van der Waals surface area contributed by atoms with Crippen molar-refractivity contribution < 1.29 is 14.6 Å². The van der Waals surface area contributed by atoms with Gasteiger partial charge in [0, 0.05) is 10.9 Å². The van der Waals surface area contributed by atoms with Gasteiger partial charge in [0.2, 0.25) is 0 Å². The van der Waals surface area contributed by atoms with Gasteiger partial charge in [0.1, 0.15) is 5.75 Å². The van der Waals surface area contributed by atoms with Crippen LogP contribution in [0.25, 0.3) is 0 Å². The fraction of sp³-hybridized carbons (Fsp3) is 0.364. The second-order valence-electron chi connectivity index (χ2n) is 3.08. The van der Waals surface area contributed by atoms with Crippen LogP contribution in [-0.4, -0.2) is 17.7 Å². The van der Waals surface area contributed by atoms with Crippen molar-refractivity contribution in [2.24, 2.45) is 0 Å². The van der Waals surface area contributed by atoms with Crippen LogP contribution in [0.2, 0.25) is 0 Å². The molecule has 0 atom stereocenters. The Labute approximate surface area is 97.2 Å². The zero-order chi connectivity index (χ0) is 11.3. The summed E-state index contributed by atoms with van der Waals surface area (Å²) in [6.45, 7) is 2.49. The molecule has 0 unspecified atom stereocenters. The van der Waals surface area contributed by atoms with E-state index in [0.717, 1.165) is 15.8 Å². The number of halogens is 1. The van der Waals surface area contributed by atoms with Crippen LogP contribution in [0.5, 0.6) is 5.75 Å². The number of hydrogen-bond acceptors (Lipinski definition) is 2. The maximum atomic E-state index is 10.5. The Morgan fingerprint density at radius 2 is 2.27 bits per heavy atom. The van der Waals surface area contributed by atoms with E-state index in [1.807, 2.05) is 25.1 Å². The summed E-state index contributed by atoms with van der Waals surface area (Å²) >= 11 is 3.35. The topological polar surface area (TPSA) is 46.5 Å². The average Bonchev–Trinajstić information content (AvgIpc) is 2.18. The molecule has 1 rings (SSSR count). The first-order valence-corrected chi connectivity index (χ1v) is 5.55. The summed E-state index contributed by atoms with van der Waals surface area (Å²) in [5.74, 6) is -0.0284. The molecular formula is C11H13BrO3. The molecule has 0 aliphatic carbocycles. The van der Waals surface area contributed by atoms with Gasteiger partial charge in [0.25, 0.3) is 0 Å². The van der Waals surface area contributed by atoms with E-state index in [9.17, 15) is 4.79 Å². The molecule has 1 aromatic carbocycles. The lowest BCUT2D eigenvalue weighted by Gasteiger charge is -2.09. The summed E-state index contributed by atoms with van der Waals surface area (Å²) in [4.78, 5) is 10.5. The lowest BCUT2D eigenvalue weighted by atomic mass is 10.1. The Hall–Kier alpha value is -1.03. The number of rotatable bonds is 5. The lowest BCUT2D eigenvalue weighted by molar-refractivity contribution is -0.136. The predicted octanol–water partition coefficient (Wildman–Crippen LogP) is 2.87. The predicted molar refractivity (Wildman–Crippen MR) is 61.3 cm³/mol. The molecule has 0 aliphatic heterocycles. The van der Waals surface area contributed by atoms with E-state index < -0.39 is 5.97 Å². The van der Waals surface area contributed by atoms with Crippen molar-refractivity contribution in [2.45, 2.75) is 19.8 Å². The largest absolute Gasteiger partial charge is 0.494 e. The minimum absolute atomic E-state index is 0.122. The maximum Gasteiger partial charge on any atom is 0.303 e. The van der Waals surface area contributed by atoms with Gasteiger partial charge in [-0.05, 0) is 37.1 Å². The van der Waals surface area contributed by atoms with Crippen LogP contribution in [0.1, 0.15) is 18.9 Å². The van der Waals surface area contributed by atoms with Crippen LogP contribution in [-0.2, 0) is 11.2 Å². The van der Waals surface area contributed by atoms with Crippen LogP contribution in [0, 0.1) is 0 Å². The van der Waals surface area contributed by atoms with Gasteiger partial charge in [-0.1, -0.05) is 15.9 Å². The van der Waals surface area contributed by atoms with Gasteiger partial charge in [0.15, 0.2) is 0 Å². The SMILES string of the molecule is CCOc1ccc(Br)cc1CCC(=O)O. The van der Waals surface area contributed by atoms with Crippen molar-refractivity contribution in [3.8, 4) is 5.75 Å². The second-order valence-corrected chi connectivity index (χ2v) is 3.99. The van der Waals surface area contributed by atoms with Crippen LogP contribution in [0.3, 0.4) is 0 Å². The molecule has 15 heavy (non-hydrogen) atoms. The van der Waals surface area contributed by atoms with E-state index >= 15 is 0 Å². The number of benzene rings is 1. The Morgan fingerprint density at radius 1 is 1.53 bits per heavy atom. The van der Waals surface area contributed by atoms with E-state index in [2.05, 4.69) is 15.9 Å². The van der Waals surface area contributed by atoms with Gasteiger partial charge in [-0.25, -0.2) is 0 Å². The van der Waals surface area contributed by atoms with Crippen LogP contribution in [0.4, 0.5) is 0 Å². The molecule has 0 radical (unpaired) electrons. The molecule has 0 saturated heterocycles. The summed E-state index contributed by atoms with van der Waals surface area (Å²) in [5.41, 5.74) is 0.925. The van der Waals surface area contributed by atoms with Crippen molar-refractivity contribution in [3.63, 3.8) is 0 Å². The van der Waals surface area contributed by atoms with E-state index in [4.69, 9.17) is 9.84 Å². The summed E-state index contributed by atoms with van der Waals surface area (Å²) in [5, 5.41) is 8.61. The number of carboxylic acids is 1. The second kappa shape index (κ2) is 5.75. The van der Waals surface area contributed by atoms with Crippen molar-refractivity contribution >= 4 is 21.9 Å². The van der Waals surface area contributed by atoms with Crippen molar-refractivity contribution in [1.82, 2.24) is 0 Å². The standard InChI is InChI=1S/C11H13BrO3/c1-2-15-10-5-4-9(12)7-8(10)3-6-11(13)14/h4-5,7H,2-3,6H2,1H3,(H,13,14). The molecule has 0 heterocycles. The monoisotopic (exact) mass is 272 g/mol. The van der Waals surface area contributed by atoms with E-state index in [1.54, 1.807) is 0 Å². The van der Waals surface area contributed by atoms with E-state index in [-0.39, 0.29) is 6.42 Å². The fourth-order valence-electron chi connectivity index (χ4n) is 1.28.